The standard InChI is InChI=1S/C25H26F2N4O3S/c1-6-14(3)34-16-7-13(2)21(29-11-16)22(32)30-15-8-17(20(27)18(26)9-15)24(4)19-10-25(19,12-33-5)35-23(28)31-24/h1,7-9,11,14,19H,10,12H2,2-5H3,(H2,28,31)(H,30,32)/t14-,19-,24-,25+/m0/s1. The molecular weight excluding hydrogens is 474 g/mol. The summed E-state index contributed by atoms with van der Waals surface area (Å²) in [5.74, 6) is 0.0620. The van der Waals surface area contributed by atoms with Gasteiger partial charge >= 0.3 is 0 Å². The fourth-order valence-electron chi connectivity index (χ4n) is 4.64. The summed E-state index contributed by atoms with van der Waals surface area (Å²) in [5, 5.41) is 2.90. The lowest BCUT2D eigenvalue weighted by Crippen LogP contribution is -2.38. The van der Waals surface area contributed by atoms with E-state index in [9.17, 15) is 9.18 Å². The number of aliphatic imine (C=N–C) groups is 1. The highest BCUT2D eigenvalue weighted by atomic mass is 32.2. The van der Waals surface area contributed by atoms with Gasteiger partial charge in [0.05, 0.1) is 23.1 Å². The van der Waals surface area contributed by atoms with Crippen molar-refractivity contribution in [3.63, 3.8) is 0 Å². The molecule has 1 fully saturated rings. The minimum absolute atomic E-state index is 0.0238. The monoisotopic (exact) mass is 500 g/mol. The summed E-state index contributed by atoms with van der Waals surface area (Å²) < 4.78 is 40.3. The van der Waals surface area contributed by atoms with Crippen LogP contribution >= 0.6 is 11.8 Å². The molecule has 1 aliphatic heterocycles. The summed E-state index contributed by atoms with van der Waals surface area (Å²) >= 11 is 1.40. The third kappa shape index (κ3) is 4.58. The van der Waals surface area contributed by atoms with E-state index in [1.165, 1.54) is 24.0 Å². The van der Waals surface area contributed by atoms with Gasteiger partial charge in [0.2, 0.25) is 0 Å². The number of fused-ring (bicyclic) bond motifs is 1. The van der Waals surface area contributed by atoms with Crippen molar-refractivity contribution >= 4 is 28.5 Å². The van der Waals surface area contributed by atoms with Crippen molar-refractivity contribution in [1.29, 1.82) is 0 Å². The van der Waals surface area contributed by atoms with Crippen molar-refractivity contribution in [2.75, 3.05) is 19.0 Å². The largest absolute Gasteiger partial charge is 0.476 e. The third-order valence-electron chi connectivity index (χ3n) is 6.39. The van der Waals surface area contributed by atoms with Gasteiger partial charge in [-0.1, -0.05) is 17.7 Å². The third-order valence-corrected chi connectivity index (χ3v) is 7.67. The second-order valence-corrected chi connectivity index (χ2v) is 10.4. The number of halogens is 2. The van der Waals surface area contributed by atoms with Crippen molar-refractivity contribution in [2.24, 2.45) is 16.6 Å². The van der Waals surface area contributed by atoms with Crippen molar-refractivity contribution in [3.05, 3.63) is 52.9 Å². The molecule has 0 spiro atoms. The number of aryl methyl sites for hydroxylation is 1. The number of anilines is 1. The number of thioether (sulfide) groups is 1. The van der Waals surface area contributed by atoms with E-state index in [0.717, 1.165) is 6.07 Å². The van der Waals surface area contributed by atoms with Gasteiger partial charge in [-0.3, -0.25) is 9.79 Å². The highest BCUT2D eigenvalue weighted by Crippen LogP contribution is 2.66. The minimum atomic E-state index is -1.11. The van der Waals surface area contributed by atoms with Crippen LogP contribution in [0.15, 0.2) is 29.4 Å². The van der Waals surface area contributed by atoms with Crippen LogP contribution < -0.4 is 15.8 Å². The number of carbonyl (C=O) groups is 1. The van der Waals surface area contributed by atoms with Crippen LogP contribution in [-0.4, -0.2) is 40.6 Å². The van der Waals surface area contributed by atoms with E-state index in [2.05, 4.69) is 21.2 Å². The molecule has 1 saturated carbocycles. The molecule has 1 aromatic carbocycles. The van der Waals surface area contributed by atoms with E-state index < -0.39 is 29.2 Å². The molecule has 2 aliphatic rings. The predicted molar refractivity (Wildman–Crippen MR) is 131 cm³/mol. The maximum atomic E-state index is 15.1. The average molecular weight is 501 g/mol. The highest BCUT2D eigenvalue weighted by molar-refractivity contribution is 8.15. The van der Waals surface area contributed by atoms with E-state index in [1.807, 2.05) is 0 Å². The summed E-state index contributed by atoms with van der Waals surface area (Å²) in [6.45, 7) is 5.54. The number of amidine groups is 1. The quantitative estimate of drug-likeness (QED) is 0.558. The van der Waals surface area contributed by atoms with E-state index in [4.69, 9.17) is 21.6 Å². The highest BCUT2D eigenvalue weighted by Gasteiger charge is 2.66. The maximum absolute atomic E-state index is 15.1. The summed E-state index contributed by atoms with van der Waals surface area (Å²) in [4.78, 5) is 21.6. The number of nitrogens with two attached hydrogens (primary N) is 1. The number of hydrogen-bond acceptors (Lipinski definition) is 7. The van der Waals surface area contributed by atoms with Crippen LogP contribution in [0.3, 0.4) is 0 Å². The number of nitrogens with one attached hydrogen (secondary N) is 1. The molecule has 35 heavy (non-hydrogen) atoms. The number of pyridine rings is 1. The smallest absolute Gasteiger partial charge is 0.274 e. The van der Waals surface area contributed by atoms with Crippen molar-refractivity contribution in [2.45, 2.75) is 43.6 Å². The Balaban J connectivity index is 1.63. The van der Waals surface area contributed by atoms with E-state index >= 15 is 4.39 Å². The van der Waals surface area contributed by atoms with Gasteiger partial charge in [-0.2, -0.15) is 0 Å². The number of nitrogens with zero attached hydrogens (tertiary/aromatic N) is 2. The second kappa shape index (κ2) is 9.13. The van der Waals surface area contributed by atoms with E-state index in [0.29, 0.717) is 24.3 Å². The number of hydrogen-bond donors (Lipinski definition) is 2. The molecule has 0 radical (unpaired) electrons. The second-order valence-electron chi connectivity index (χ2n) is 8.99. The Hall–Kier alpha value is -3.16. The Morgan fingerprint density at radius 1 is 1.43 bits per heavy atom. The summed E-state index contributed by atoms with van der Waals surface area (Å²) in [6, 6.07) is 3.97. The molecule has 3 N–H and O–H groups in total. The first kappa shape index (κ1) is 24.9. The first-order valence-corrected chi connectivity index (χ1v) is 11.8. The number of aromatic nitrogens is 1. The molecule has 2 aromatic rings. The Kier molecular flexibility index (Phi) is 6.51. The Bertz CT molecular complexity index is 1260. The van der Waals surface area contributed by atoms with Gasteiger partial charge in [-0.15, -0.1) is 6.42 Å². The molecule has 10 heteroatoms. The van der Waals surface area contributed by atoms with Crippen LogP contribution in [0.1, 0.15) is 41.9 Å². The average Bonchev–Trinajstić information content (AvgIpc) is 3.50. The van der Waals surface area contributed by atoms with Gasteiger partial charge in [0, 0.05) is 30.3 Å². The van der Waals surface area contributed by atoms with Crippen LogP contribution in [0.5, 0.6) is 5.75 Å². The predicted octanol–water partition coefficient (Wildman–Crippen LogP) is 4.00. The van der Waals surface area contributed by atoms with Gasteiger partial charge < -0.3 is 20.5 Å². The van der Waals surface area contributed by atoms with Crippen LogP contribution in [0.4, 0.5) is 14.5 Å². The van der Waals surface area contributed by atoms with Crippen molar-refractivity contribution < 1.29 is 23.0 Å². The SMILES string of the molecule is C#C[C@H](C)Oc1cnc(C(=O)Nc2cc(F)c(F)c([C@]3(C)N=C(N)S[C@@]4(COC)C[C@H]43)c2)c(C)c1. The van der Waals surface area contributed by atoms with Gasteiger partial charge in [-0.25, -0.2) is 13.8 Å². The number of methoxy groups -OCH3 is 1. The fourth-order valence-corrected chi connectivity index (χ4v) is 6.09. The number of terminal acetylenes is 1. The molecule has 0 saturated heterocycles. The van der Waals surface area contributed by atoms with E-state index in [-0.39, 0.29) is 32.8 Å². The van der Waals surface area contributed by atoms with Crippen LogP contribution in [-0.2, 0) is 10.3 Å². The lowest BCUT2D eigenvalue weighted by atomic mass is 9.85. The molecule has 184 valence electrons. The number of rotatable bonds is 7. The van der Waals surface area contributed by atoms with Crippen LogP contribution in [0.25, 0.3) is 0 Å². The van der Waals surface area contributed by atoms with Gasteiger partial charge in [0.1, 0.15) is 11.4 Å². The molecule has 7 nitrogen and oxygen atoms in total. The number of benzene rings is 1. The normalized spacial score (nSPS) is 25.6. The molecule has 4 rings (SSSR count). The summed E-state index contributed by atoms with van der Waals surface area (Å²) in [7, 11) is 1.59. The lowest BCUT2D eigenvalue weighted by molar-refractivity contribution is 0.102. The molecule has 0 bridgehead atoms. The first-order chi connectivity index (χ1) is 16.5. The van der Waals surface area contributed by atoms with Crippen LogP contribution in [0.2, 0.25) is 0 Å². The minimum Gasteiger partial charge on any atom is -0.476 e. The molecule has 2 heterocycles. The topological polar surface area (TPSA) is 98.8 Å². The Labute approximate surface area is 206 Å². The molecule has 4 atom stereocenters. The van der Waals surface area contributed by atoms with Gasteiger partial charge in [0.15, 0.2) is 22.9 Å². The van der Waals surface area contributed by atoms with Crippen molar-refractivity contribution in [1.82, 2.24) is 4.98 Å². The Morgan fingerprint density at radius 3 is 2.83 bits per heavy atom. The van der Waals surface area contributed by atoms with E-state index in [1.54, 1.807) is 33.9 Å². The van der Waals surface area contributed by atoms with Gasteiger partial charge in [0.25, 0.3) is 5.91 Å². The summed E-state index contributed by atoms with van der Waals surface area (Å²) in [5.41, 5.74) is 5.71. The molecular formula is C25H26F2N4O3S. The molecule has 0 unspecified atom stereocenters. The zero-order chi connectivity index (χ0) is 25.5. The zero-order valence-electron chi connectivity index (χ0n) is 19.8. The fraction of sp³-hybridized carbons (Fsp3) is 0.400. The number of ether oxygens (including phenoxy) is 2. The maximum Gasteiger partial charge on any atom is 0.274 e. The molecule has 1 amide bonds. The Morgan fingerprint density at radius 2 is 2.17 bits per heavy atom. The zero-order valence-corrected chi connectivity index (χ0v) is 20.6. The lowest BCUT2D eigenvalue weighted by Gasteiger charge is -2.34. The molecule has 1 aromatic heterocycles. The van der Waals surface area contributed by atoms with Crippen molar-refractivity contribution in [3.8, 4) is 18.1 Å². The number of amides is 1. The summed E-state index contributed by atoms with van der Waals surface area (Å²) in [6.07, 6.45) is 6.94. The van der Waals surface area contributed by atoms with Crippen LogP contribution in [0, 0.1) is 36.8 Å². The van der Waals surface area contributed by atoms with Gasteiger partial charge in [-0.05, 0) is 44.9 Å². The number of carbonyl (C=O) groups excluding carboxylic acids is 1. The molecule has 1 aliphatic carbocycles. The first-order valence-electron chi connectivity index (χ1n) is 11.0.